The first kappa shape index (κ1) is 57.5. The van der Waals surface area contributed by atoms with Gasteiger partial charge in [0.15, 0.2) is 0 Å². The summed E-state index contributed by atoms with van der Waals surface area (Å²) >= 11 is 0. The zero-order chi connectivity index (χ0) is 64.9. The first-order valence-corrected chi connectivity index (χ1v) is 33.2. The third-order valence-corrected chi connectivity index (χ3v) is 19.0. The van der Waals surface area contributed by atoms with Gasteiger partial charge in [0.05, 0.1) is 50.5 Å². The smallest absolute Gasteiger partial charge is 0.138 e. The van der Waals surface area contributed by atoms with E-state index in [4.69, 9.17) is 19.9 Å². The molecular weight excluding hydrogens is 1190 g/mol. The van der Waals surface area contributed by atoms with Crippen molar-refractivity contribution >= 4 is 43.6 Å². The van der Waals surface area contributed by atoms with E-state index in [0.29, 0.717) is 0 Å². The largest absolute Gasteiger partial charge is 0.294 e. The maximum Gasteiger partial charge on any atom is 0.138 e. The SMILES string of the molecule is c1ccc(-c2ccc3c(c2)c2cc(-c4ccc(-c5cccc(-c6cc(-c7cccc(-n8c9ccc(-c%10ccccc%10)cc9c9cc(-c%10ccccc%10)ccc98)n7)cc(-c7ccccc7)n6)c5)cc4)ccc2n3-c2ccc(-c3cc(-c4ccccc4)nc(-c4ccccc4)c3)cn2)cc1. The molecule has 12 aromatic carbocycles. The fraction of sp³-hybridized carbons (Fsp3) is 0. The van der Waals surface area contributed by atoms with Crippen LogP contribution in [0.25, 0.3) is 178 Å². The van der Waals surface area contributed by atoms with Gasteiger partial charge in [0, 0.05) is 61.1 Å². The van der Waals surface area contributed by atoms with Gasteiger partial charge in [0.25, 0.3) is 0 Å². The van der Waals surface area contributed by atoms with Crippen molar-refractivity contribution in [2.75, 3.05) is 0 Å². The van der Waals surface area contributed by atoms with E-state index in [9.17, 15) is 0 Å². The molecule has 18 rings (SSSR count). The third-order valence-electron chi connectivity index (χ3n) is 19.0. The van der Waals surface area contributed by atoms with Crippen molar-refractivity contribution in [1.29, 1.82) is 0 Å². The molecule has 6 heteroatoms. The first-order chi connectivity index (χ1) is 48.5. The lowest BCUT2D eigenvalue weighted by molar-refractivity contribution is 1.08. The van der Waals surface area contributed by atoms with Crippen molar-refractivity contribution in [3.8, 4) is 135 Å². The average molecular weight is 1250 g/mol. The molecule has 6 heterocycles. The van der Waals surface area contributed by atoms with Gasteiger partial charge >= 0.3 is 0 Å². The van der Waals surface area contributed by atoms with Gasteiger partial charge < -0.3 is 0 Å². The van der Waals surface area contributed by atoms with E-state index in [2.05, 4.69) is 355 Å². The van der Waals surface area contributed by atoms with Gasteiger partial charge in [-0.1, -0.05) is 255 Å². The molecule has 0 aliphatic heterocycles. The Balaban J connectivity index is 0.684. The van der Waals surface area contributed by atoms with Gasteiger partial charge in [0.1, 0.15) is 11.6 Å². The second-order valence-electron chi connectivity index (χ2n) is 25.0. The minimum absolute atomic E-state index is 0.841. The molecule has 0 saturated carbocycles. The number of hydrogen-bond donors (Lipinski definition) is 0. The van der Waals surface area contributed by atoms with Crippen LogP contribution in [0.2, 0.25) is 0 Å². The molecule has 0 fully saturated rings. The van der Waals surface area contributed by atoms with Gasteiger partial charge in [-0.15, -0.1) is 0 Å². The van der Waals surface area contributed by atoms with Crippen molar-refractivity contribution in [1.82, 2.24) is 29.1 Å². The quantitative estimate of drug-likeness (QED) is 0.115. The van der Waals surface area contributed by atoms with Crippen molar-refractivity contribution < 1.29 is 0 Å². The Labute approximate surface area is 568 Å². The van der Waals surface area contributed by atoms with E-state index in [-0.39, 0.29) is 0 Å². The summed E-state index contributed by atoms with van der Waals surface area (Å²) < 4.78 is 4.62. The van der Waals surface area contributed by atoms with Crippen LogP contribution >= 0.6 is 0 Å². The van der Waals surface area contributed by atoms with Crippen LogP contribution in [0.15, 0.2) is 364 Å². The normalized spacial score (nSPS) is 11.5. The van der Waals surface area contributed by atoms with E-state index in [0.717, 1.165) is 140 Å². The van der Waals surface area contributed by atoms with Gasteiger partial charge in [-0.3, -0.25) is 9.13 Å². The summed E-state index contributed by atoms with van der Waals surface area (Å²) in [6.07, 6.45) is 2.00. The predicted octanol–water partition coefficient (Wildman–Crippen LogP) is 23.8. The number of benzene rings is 12. The van der Waals surface area contributed by atoms with Crippen molar-refractivity contribution in [2.45, 2.75) is 0 Å². The average Bonchev–Trinajstić information content (AvgIpc) is 1.59. The zero-order valence-corrected chi connectivity index (χ0v) is 53.3. The highest BCUT2D eigenvalue weighted by molar-refractivity contribution is 6.13. The molecule has 0 spiro atoms. The molecule has 98 heavy (non-hydrogen) atoms. The lowest BCUT2D eigenvalue weighted by atomic mass is 9.96. The van der Waals surface area contributed by atoms with Crippen LogP contribution in [0, 0.1) is 0 Å². The molecule has 0 bridgehead atoms. The van der Waals surface area contributed by atoms with Crippen LogP contribution in [0.3, 0.4) is 0 Å². The van der Waals surface area contributed by atoms with E-state index >= 15 is 0 Å². The van der Waals surface area contributed by atoms with Crippen LogP contribution in [0.1, 0.15) is 0 Å². The first-order valence-electron chi connectivity index (χ1n) is 33.2. The van der Waals surface area contributed by atoms with Gasteiger partial charge in [0.2, 0.25) is 0 Å². The second-order valence-corrected chi connectivity index (χ2v) is 25.0. The third kappa shape index (κ3) is 10.8. The molecule has 6 nitrogen and oxygen atoms in total. The Morgan fingerprint density at radius 1 is 0.163 bits per heavy atom. The Hall–Kier alpha value is -13.2. The number of nitrogens with zero attached hydrogens (tertiary/aromatic N) is 6. The predicted molar refractivity (Wildman–Crippen MR) is 406 cm³/mol. The summed E-state index contributed by atoms with van der Waals surface area (Å²) in [6, 6.07) is 128. The molecule has 0 amide bonds. The lowest BCUT2D eigenvalue weighted by Crippen LogP contribution is -1.99. The maximum absolute atomic E-state index is 5.54. The minimum Gasteiger partial charge on any atom is -0.294 e. The standard InChI is InChI=1S/C92H60N6/c1-7-21-61(22-8-1)70-41-46-87-78(52-70)79-55-73(44-47-88(79)97(87)91-50-45-75(60-93-91)76-56-83(66-27-13-4-14-28-66)94-84(57-76)67-29-15-5-16-30-67)65-39-37-64(38-40-65)69-33-19-34-74(51-69)86-59-77(58-85(95-86)68-31-17-6-18-32-68)82-35-20-36-92(96-82)98-89-48-42-71(62-23-9-2-10-24-62)53-80(89)81-54-72(43-49-90(81)98)63-25-11-3-12-26-63/h1-60H. The zero-order valence-electron chi connectivity index (χ0n) is 53.3. The molecule has 0 aliphatic rings. The van der Waals surface area contributed by atoms with E-state index in [1.165, 1.54) is 38.6 Å². The number of rotatable bonds is 13. The molecule has 0 aliphatic carbocycles. The van der Waals surface area contributed by atoms with Crippen molar-refractivity contribution in [3.63, 3.8) is 0 Å². The Morgan fingerprint density at radius 3 is 0.867 bits per heavy atom. The Bertz CT molecular complexity index is 5830. The maximum atomic E-state index is 5.54. The number of pyridine rings is 4. The highest BCUT2D eigenvalue weighted by Crippen LogP contribution is 2.42. The Morgan fingerprint density at radius 2 is 0.469 bits per heavy atom. The van der Waals surface area contributed by atoms with Crippen LogP contribution in [0.4, 0.5) is 0 Å². The molecule has 0 atom stereocenters. The highest BCUT2D eigenvalue weighted by atomic mass is 15.1. The van der Waals surface area contributed by atoms with Gasteiger partial charge in [-0.25, -0.2) is 19.9 Å². The molecular formula is C92H60N6. The second kappa shape index (κ2) is 24.6. The summed E-state index contributed by atoms with van der Waals surface area (Å²) in [6.45, 7) is 0. The molecule has 18 aromatic rings. The van der Waals surface area contributed by atoms with Crippen molar-refractivity contribution in [2.24, 2.45) is 0 Å². The summed E-state index contributed by atoms with van der Waals surface area (Å²) in [4.78, 5) is 21.3. The molecule has 0 unspecified atom stereocenters. The summed E-state index contributed by atoms with van der Waals surface area (Å²) in [5.41, 5.74) is 27.5. The topological polar surface area (TPSA) is 61.4 Å². The van der Waals surface area contributed by atoms with Gasteiger partial charge in [-0.05, 0) is 164 Å². The summed E-state index contributed by atoms with van der Waals surface area (Å²) in [5.74, 6) is 1.69. The molecule has 0 N–H and O–H groups in total. The van der Waals surface area contributed by atoms with E-state index in [1.54, 1.807) is 0 Å². The molecule has 458 valence electrons. The Kier molecular flexibility index (Phi) is 14.5. The number of fused-ring (bicyclic) bond motifs is 6. The number of hydrogen-bond acceptors (Lipinski definition) is 4. The fourth-order valence-electron chi connectivity index (χ4n) is 14.1. The summed E-state index contributed by atoms with van der Waals surface area (Å²) in [7, 11) is 0. The van der Waals surface area contributed by atoms with E-state index in [1.807, 2.05) is 18.3 Å². The highest BCUT2D eigenvalue weighted by Gasteiger charge is 2.20. The van der Waals surface area contributed by atoms with Gasteiger partial charge in [-0.2, -0.15) is 0 Å². The van der Waals surface area contributed by atoms with Crippen molar-refractivity contribution in [3.05, 3.63) is 364 Å². The molecule has 0 radical (unpaired) electrons. The molecule has 6 aromatic heterocycles. The number of aromatic nitrogens is 6. The van der Waals surface area contributed by atoms with Crippen LogP contribution < -0.4 is 0 Å². The molecule has 0 saturated heterocycles. The van der Waals surface area contributed by atoms with Crippen LogP contribution in [-0.2, 0) is 0 Å². The summed E-state index contributed by atoms with van der Waals surface area (Å²) in [5, 5.41) is 4.66. The van der Waals surface area contributed by atoms with Crippen LogP contribution in [0.5, 0.6) is 0 Å². The van der Waals surface area contributed by atoms with Crippen LogP contribution in [-0.4, -0.2) is 29.1 Å². The monoisotopic (exact) mass is 1250 g/mol. The fourth-order valence-corrected chi connectivity index (χ4v) is 14.1. The minimum atomic E-state index is 0.841. The van der Waals surface area contributed by atoms with E-state index < -0.39 is 0 Å². The lowest BCUT2D eigenvalue weighted by Gasteiger charge is -2.13.